The Morgan fingerprint density at radius 1 is 1.56 bits per heavy atom. The fraction of sp³-hybridized carbons (Fsp3) is 0.444. The van der Waals surface area contributed by atoms with E-state index in [0.29, 0.717) is 0 Å². The summed E-state index contributed by atoms with van der Waals surface area (Å²) in [5.41, 5.74) is 1.27. The van der Waals surface area contributed by atoms with Crippen molar-refractivity contribution in [2.45, 2.75) is 25.7 Å². The third-order valence-electron chi connectivity index (χ3n) is 1.21. The minimum atomic E-state index is 0.958. The Hall–Kier alpha value is -0.650. The molecule has 0 atom stereocenters. The molecule has 0 saturated carbocycles. The van der Waals surface area contributed by atoms with Crippen LogP contribution in [-0.4, -0.2) is 0 Å². The van der Waals surface area contributed by atoms with Crippen molar-refractivity contribution in [2.75, 3.05) is 0 Å². The average Bonchev–Trinajstić information content (AvgIpc) is 1.85. The Labute approximate surface area is 58.3 Å². The normalized spacial score (nSPS) is 8.89. The van der Waals surface area contributed by atoms with E-state index in [1.165, 1.54) is 5.57 Å². The van der Waals surface area contributed by atoms with Crippen molar-refractivity contribution in [3.63, 3.8) is 0 Å². The van der Waals surface area contributed by atoms with E-state index in [2.05, 4.69) is 20.1 Å². The molecule has 0 N–H and O–H groups in total. The van der Waals surface area contributed by atoms with E-state index >= 15 is 0 Å². The molecule has 0 heterocycles. The van der Waals surface area contributed by atoms with E-state index in [4.69, 9.17) is 0 Å². The summed E-state index contributed by atoms with van der Waals surface area (Å²) in [7, 11) is 0. The van der Waals surface area contributed by atoms with Crippen molar-refractivity contribution in [3.05, 3.63) is 31.7 Å². The molecule has 0 nitrogen and oxygen atoms in total. The van der Waals surface area contributed by atoms with Crippen LogP contribution in [0.25, 0.3) is 0 Å². The van der Waals surface area contributed by atoms with Gasteiger partial charge in [0.15, 0.2) is 0 Å². The highest BCUT2D eigenvalue weighted by molar-refractivity contribution is 4.99. The van der Waals surface area contributed by atoms with Crippen molar-refractivity contribution in [3.8, 4) is 0 Å². The van der Waals surface area contributed by atoms with Crippen LogP contribution < -0.4 is 0 Å². The van der Waals surface area contributed by atoms with Gasteiger partial charge in [0.1, 0.15) is 0 Å². The van der Waals surface area contributed by atoms with E-state index in [0.717, 1.165) is 25.7 Å². The van der Waals surface area contributed by atoms with E-state index in [-0.39, 0.29) is 0 Å². The van der Waals surface area contributed by atoms with Crippen LogP contribution in [0.1, 0.15) is 25.7 Å². The molecule has 0 bridgehead atoms. The molecule has 0 aromatic heterocycles. The zero-order valence-corrected chi connectivity index (χ0v) is 6.03. The van der Waals surface area contributed by atoms with Crippen LogP contribution in [0, 0.1) is 6.92 Å². The van der Waals surface area contributed by atoms with Gasteiger partial charge < -0.3 is 0 Å². The summed E-state index contributed by atoms with van der Waals surface area (Å²) in [6.07, 6.45) is 6.13. The Kier molecular flexibility index (Phi) is 5.09. The zero-order chi connectivity index (χ0) is 7.11. The quantitative estimate of drug-likeness (QED) is 0.389. The number of hydrogen-bond acceptors (Lipinski definition) is 0. The van der Waals surface area contributed by atoms with E-state index < -0.39 is 0 Å². The van der Waals surface area contributed by atoms with Crippen LogP contribution in [0.3, 0.4) is 0 Å². The molecule has 0 fully saturated rings. The molecular weight excluding hydrogens is 108 g/mol. The first-order valence-electron chi connectivity index (χ1n) is 3.38. The molecule has 0 unspecified atom stereocenters. The van der Waals surface area contributed by atoms with E-state index in [1.807, 2.05) is 6.08 Å². The molecule has 0 amide bonds. The van der Waals surface area contributed by atoms with Crippen molar-refractivity contribution in [2.24, 2.45) is 0 Å². The van der Waals surface area contributed by atoms with Crippen LogP contribution >= 0.6 is 0 Å². The van der Waals surface area contributed by atoms with Gasteiger partial charge in [0, 0.05) is 0 Å². The topological polar surface area (TPSA) is 0 Å². The van der Waals surface area contributed by atoms with Crippen molar-refractivity contribution >= 4 is 0 Å². The van der Waals surface area contributed by atoms with Gasteiger partial charge >= 0.3 is 0 Å². The molecule has 0 saturated heterocycles. The lowest BCUT2D eigenvalue weighted by molar-refractivity contribution is 0.818. The maximum absolute atomic E-state index is 3.88. The van der Waals surface area contributed by atoms with Crippen LogP contribution in [0.5, 0.6) is 0 Å². The van der Waals surface area contributed by atoms with Crippen molar-refractivity contribution in [1.82, 2.24) is 0 Å². The Morgan fingerprint density at radius 2 is 2.22 bits per heavy atom. The fourth-order valence-corrected chi connectivity index (χ4v) is 0.681. The van der Waals surface area contributed by atoms with Crippen LogP contribution in [-0.2, 0) is 0 Å². The van der Waals surface area contributed by atoms with Gasteiger partial charge in [-0.05, 0) is 19.3 Å². The van der Waals surface area contributed by atoms with Gasteiger partial charge in [-0.25, -0.2) is 0 Å². The lowest BCUT2D eigenvalue weighted by Crippen LogP contribution is -1.78. The second-order valence-electron chi connectivity index (χ2n) is 2.20. The highest BCUT2D eigenvalue weighted by Gasteiger charge is 1.90. The van der Waals surface area contributed by atoms with Gasteiger partial charge in [-0.2, -0.15) is 0 Å². The zero-order valence-electron chi connectivity index (χ0n) is 6.03. The minimum Gasteiger partial charge on any atom is -0.103 e. The summed E-state index contributed by atoms with van der Waals surface area (Å²) in [6, 6.07) is 0. The Morgan fingerprint density at radius 3 is 2.67 bits per heavy atom. The lowest BCUT2D eigenvalue weighted by atomic mass is 10.1. The molecule has 0 aliphatic rings. The molecule has 0 aliphatic carbocycles. The summed E-state index contributed by atoms with van der Waals surface area (Å²) in [5, 5.41) is 0. The molecule has 0 aliphatic heterocycles. The maximum atomic E-state index is 3.88. The fourth-order valence-electron chi connectivity index (χ4n) is 0.681. The van der Waals surface area contributed by atoms with E-state index in [9.17, 15) is 0 Å². The SMILES string of the molecule is C=CCC(=C)CCC[CH2+]. The standard InChI is InChI=1S/C9H15/c1-4-6-8-9(3)7-5-2/h5H,1-4,6-8H2/q+1. The van der Waals surface area contributed by atoms with Gasteiger partial charge in [-0.1, -0.05) is 18.2 Å². The summed E-state index contributed by atoms with van der Waals surface area (Å²) in [5.74, 6) is 0. The monoisotopic (exact) mass is 123 g/mol. The Balaban J connectivity index is 3.16. The molecule has 0 heteroatoms. The van der Waals surface area contributed by atoms with Gasteiger partial charge in [0.2, 0.25) is 0 Å². The van der Waals surface area contributed by atoms with Crippen LogP contribution in [0.4, 0.5) is 0 Å². The first-order chi connectivity index (χ1) is 4.31. The second-order valence-corrected chi connectivity index (χ2v) is 2.20. The summed E-state index contributed by atoms with van der Waals surface area (Å²) < 4.78 is 0. The maximum Gasteiger partial charge on any atom is 0.0853 e. The molecular formula is C9H15+. The molecule has 0 aromatic rings. The molecule has 0 aromatic carbocycles. The number of rotatable bonds is 5. The number of hydrogen-bond donors (Lipinski definition) is 0. The molecule has 0 radical (unpaired) electrons. The molecule has 0 spiro atoms. The molecule has 0 rings (SSSR count). The van der Waals surface area contributed by atoms with Crippen LogP contribution in [0.15, 0.2) is 24.8 Å². The molecule has 50 valence electrons. The highest BCUT2D eigenvalue weighted by Crippen LogP contribution is 2.08. The summed E-state index contributed by atoms with van der Waals surface area (Å²) >= 11 is 0. The van der Waals surface area contributed by atoms with E-state index in [1.54, 1.807) is 0 Å². The summed E-state index contributed by atoms with van der Waals surface area (Å²) in [4.78, 5) is 0. The summed E-state index contributed by atoms with van der Waals surface area (Å²) in [6.45, 7) is 11.3. The first kappa shape index (κ1) is 8.35. The highest BCUT2D eigenvalue weighted by atomic mass is 13.9. The molecule has 9 heavy (non-hydrogen) atoms. The van der Waals surface area contributed by atoms with Gasteiger partial charge in [0.25, 0.3) is 0 Å². The first-order valence-corrected chi connectivity index (χ1v) is 3.38. The van der Waals surface area contributed by atoms with Gasteiger partial charge in [-0.15, -0.1) is 6.58 Å². The van der Waals surface area contributed by atoms with Crippen molar-refractivity contribution < 1.29 is 0 Å². The smallest absolute Gasteiger partial charge is 0.0853 e. The van der Waals surface area contributed by atoms with Gasteiger partial charge in [-0.3, -0.25) is 0 Å². The minimum absolute atomic E-state index is 0.958. The van der Waals surface area contributed by atoms with Gasteiger partial charge in [0.05, 0.1) is 13.3 Å². The predicted molar refractivity (Wildman–Crippen MR) is 43.2 cm³/mol. The number of allylic oxidation sites excluding steroid dienone is 2. The second kappa shape index (κ2) is 5.49. The predicted octanol–water partition coefficient (Wildman–Crippen LogP) is 3.12. The largest absolute Gasteiger partial charge is 0.103 e. The third kappa shape index (κ3) is 5.22. The lowest BCUT2D eigenvalue weighted by Gasteiger charge is -1.96. The average molecular weight is 123 g/mol. The third-order valence-corrected chi connectivity index (χ3v) is 1.21. The van der Waals surface area contributed by atoms with Crippen molar-refractivity contribution in [1.29, 1.82) is 0 Å². The number of unbranched alkanes of at least 4 members (excludes halogenated alkanes) is 1. The van der Waals surface area contributed by atoms with Crippen LogP contribution in [0.2, 0.25) is 0 Å². The Bertz CT molecular complexity index is 90.2.